The van der Waals surface area contributed by atoms with Gasteiger partial charge in [0.15, 0.2) is 0 Å². The molecule has 2 heterocycles. The summed E-state index contributed by atoms with van der Waals surface area (Å²) in [5.41, 5.74) is -0.444. The van der Waals surface area contributed by atoms with E-state index in [1.54, 1.807) is 27.5 Å². The number of nitrogens with two attached hydrogens (primary N) is 1. The van der Waals surface area contributed by atoms with Crippen molar-refractivity contribution >= 4 is 50.3 Å². The average molecular weight is 644 g/mol. The van der Waals surface area contributed by atoms with Crippen molar-refractivity contribution in [3.63, 3.8) is 0 Å². The van der Waals surface area contributed by atoms with Gasteiger partial charge in [-0.05, 0) is 59.5 Å². The molecule has 0 saturated carbocycles. The summed E-state index contributed by atoms with van der Waals surface area (Å²) in [6, 6.07) is 3.88. The summed E-state index contributed by atoms with van der Waals surface area (Å²) in [6.45, 7) is 2.72. The quantitative estimate of drug-likeness (QED) is 0.270. The van der Waals surface area contributed by atoms with Crippen LogP contribution in [-0.4, -0.2) is 32.5 Å². The highest BCUT2D eigenvalue weighted by Gasteiger charge is 2.35. The lowest BCUT2D eigenvalue weighted by molar-refractivity contribution is -0.141. The highest BCUT2D eigenvalue weighted by Crippen LogP contribution is 2.34. The molecule has 36 heavy (non-hydrogen) atoms. The van der Waals surface area contributed by atoms with E-state index in [0.29, 0.717) is 28.1 Å². The van der Waals surface area contributed by atoms with Gasteiger partial charge in [0.2, 0.25) is 0 Å². The molecule has 15 heteroatoms. The lowest BCUT2D eigenvalue weighted by atomic mass is 9.99. The number of halogens is 5. The van der Waals surface area contributed by atoms with Crippen molar-refractivity contribution in [2.45, 2.75) is 39.0 Å². The Balaban J connectivity index is 1.72. The van der Waals surface area contributed by atoms with Gasteiger partial charge in [0.1, 0.15) is 17.3 Å². The van der Waals surface area contributed by atoms with Crippen LogP contribution < -0.4 is 25.4 Å². The number of carbonyl (C=O) groups is 1. The summed E-state index contributed by atoms with van der Waals surface area (Å²) >= 11 is 1.80. The van der Waals surface area contributed by atoms with Crippen molar-refractivity contribution in [2.24, 2.45) is 11.1 Å². The molecule has 5 N–H and O–H groups in total. The normalized spacial score (nSPS) is 15.1. The van der Waals surface area contributed by atoms with Gasteiger partial charge in [-0.25, -0.2) is 19.3 Å². The second-order valence-corrected chi connectivity index (χ2v) is 11.0. The van der Waals surface area contributed by atoms with E-state index >= 15 is 0 Å². The molecule has 0 aliphatic carbocycles. The Labute approximate surface area is 219 Å². The van der Waals surface area contributed by atoms with Gasteiger partial charge in [-0.3, -0.25) is 0 Å². The van der Waals surface area contributed by atoms with E-state index in [-0.39, 0.29) is 30.2 Å². The molecule has 0 bridgehead atoms. The molecule has 9 nitrogen and oxygen atoms in total. The number of hydrogen-bond donors (Lipinski definition) is 4. The van der Waals surface area contributed by atoms with Gasteiger partial charge >= 0.3 is 12.2 Å². The molecule has 0 radical (unpaired) electrons. The SMILES string of the molecule is CC1CCN(c2nc(C(F)(F)F)cc(I)c2CNC(=O)Nc2ccc(CNS(N)(=O)=O)c(F)c2)CC1. The van der Waals surface area contributed by atoms with E-state index in [2.05, 4.69) is 22.5 Å². The van der Waals surface area contributed by atoms with Gasteiger partial charge in [0.25, 0.3) is 10.2 Å². The van der Waals surface area contributed by atoms with Crippen molar-refractivity contribution in [1.29, 1.82) is 0 Å². The van der Waals surface area contributed by atoms with Crippen LogP contribution in [0.4, 0.5) is 33.9 Å². The molecular formula is C21H25F4IN6O3S. The molecule has 3 rings (SSSR count). The first-order valence-electron chi connectivity index (χ1n) is 10.8. The first-order valence-corrected chi connectivity index (χ1v) is 13.5. The number of urea groups is 1. The van der Waals surface area contributed by atoms with Gasteiger partial charge in [-0.1, -0.05) is 13.0 Å². The van der Waals surface area contributed by atoms with Crippen LogP contribution >= 0.6 is 22.6 Å². The van der Waals surface area contributed by atoms with E-state index in [1.807, 2.05) is 4.72 Å². The molecule has 1 aliphatic rings. The topological polar surface area (TPSA) is 129 Å². The fourth-order valence-electron chi connectivity index (χ4n) is 3.61. The number of piperidine rings is 1. The second-order valence-electron chi connectivity index (χ2n) is 8.44. The Morgan fingerprint density at radius 2 is 1.89 bits per heavy atom. The zero-order valence-electron chi connectivity index (χ0n) is 19.1. The fourth-order valence-corrected chi connectivity index (χ4v) is 4.69. The first-order chi connectivity index (χ1) is 16.7. The molecule has 0 spiro atoms. The number of hydrogen-bond acceptors (Lipinski definition) is 5. The van der Waals surface area contributed by atoms with Gasteiger partial charge in [0.05, 0.1) is 0 Å². The standard InChI is InChI=1S/C21H25F4IN6O3S/c1-12-4-6-32(7-5-12)19-15(17(26)9-18(31-19)21(23,24)25)11-28-20(33)30-14-3-2-13(16(22)8-14)10-29-36(27,34)35/h2-3,8-9,12,29H,4-7,10-11H2,1H3,(H2,27,34,35)(H2,28,30,33). The number of alkyl halides is 3. The number of nitrogens with zero attached hydrogens (tertiary/aromatic N) is 2. The third-order valence-corrected chi connectivity index (χ3v) is 7.13. The van der Waals surface area contributed by atoms with Gasteiger partial charge < -0.3 is 15.5 Å². The van der Waals surface area contributed by atoms with Crippen LogP contribution in [0.3, 0.4) is 0 Å². The average Bonchev–Trinajstić information content (AvgIpc) is 2.76. The number of rotatable bonds is 7. The number of benzene rings is 1. The molecule has 198 valence electrons. The monoisotopic (exact) mass is 644 g/mol. The summed E-state index contributed by atoms with van der Waals surface area (Å²) in [5.74, 6) is -0.132. The minimum Gasteiger partial charge on any atom is -0.356 e. The summed E-state index contributed by atoms with van der Waals surface area (Å²) < 4.78 is 78.6. The maximum atomic E-state index is 14.2. The van der Waals surface area contributed by atoms with Crippen molar-refractivity contribution < 1.29 is 30.8 Å². The fraction of sp³-hybridized carbons (Fsp3) is 0.429. The maximum Gasteiger partial charge on any atom is 0.433 e. The van der Waals surface area contributed by atoms with Gasteiger partial charge in [-0.2, -0.15) is 26.3 Å². The first kappa shape index (κ1) is 28.3. The summed E-state index contributed by atoms with van der Waals surface area (Å²) in [4.78, 5) is 18.1. The molecule has 1 saturated heterocycles. The predicted molar refractivity (Wildman–Crippen MR) is 135 cm³/mol. The van der Waals surface area contributed by atoms with Crippen LogP contribution in [0.25, 0.3) is 0 Å². The number of anilines is 2. The highest BCUT2D eigenvalue weighted by atomic mass is 127. The third kappa shape index (κ3) is 7.88. The Morgan fingerprint density at radius 1 is 1.22 bits per heavy atom. The Kier molecular flexibility index (Phi) is 9.00. The minimum absolute atomic E-state index is 0.0147. The van der Waals surface area contributed by atoms with Crippen molar-refractivity contribution in [1.82, 2.24) is 15.0 Å². The van der Waals surface area contributed by atoms with Crippen molar-refractivity contribution in [3.8, 4) is 0 Å². The molecular weight excluding hydrogens is 619 g/mol. The van der Waals surface area contributed by atoms with E-state index in [1.165, 1.54) is 12.1 Å². The van der Waals surface area contributed by atoms with Crippen LogP contribution in [0.15, 0.2) is 24.3 Å². The van der Waals surface area contributed by atoms with Crippen LogP contribution in [-0.2, 0) is 29.5 Å². The molecule has 1 aromatic carbocycles. The van der Waals surface area contributed by atoms with Crippen LogP contribution in [0, 0.1) is 15.3 Å². The van der Waals surface area contributed by atoms with E-state index in [4.69, 9.17) is 5.14 Å². The zero-order chi connectivity index (χ0) is 26.7. The Hall–Kier alpha value is -2.24. The van der Waals surface area contributed by atoms with Gasteiger partial charge in [0, 0.05) is 46.6 Å². The number of carbonyl (C=O) groups excluding carboxylic acids is 1. The summed E-state index contributed by atoms with van der Waals surface area (Å²) in [6.07, 6.45) is -2.98. The van der Waals surface area contributed by atoms with Crippen LogP contribution in [0.5, 0.6) is 0 Å². The maximum absolute atomic E-state index is 14.2. The Morgan fingerprint density at radius 3 is 2.47 bits per heavy atom. The van der Waals surface area contributed by atoms with E-state index in [9.17, 15) is 30.8 Å². The van der Waals surface area contributed by atoms with Crippen molar-refractivity contribution in [3.05, 3.63) is 50.5 Å². The molecule has 1 fully saturated rings. The molecule has 2 amide bonds. The number of pyridine rings is 1. The van der Waals surface area contributed by atoms with Crippen LogP contribution in [0.1, 0.15) is 36.6 Å². The summed E-state index contributed by atoms with van der Waals surface area (Å²) in [7, 11) is -4.00. The molecule has 2 aromatic rings. The van der Waals surface area contributed by atoms with E-state index < -0.39 is 33.9 Å². The van der Waals surface area contributed by atoms with Crippen molar-refractivity contribution in [2.75, 3.05) is 23.3 Å². The molecule has 0 unspecified atom stereocenters. The lowest BCUT2D eigenvalue weighted by Gasteiger charge is -2.33. The lowest BCUT2D eigenvalue weighted by Crippen LogP contribution is -2.36. The minimum atomic E-state index is -4.61. The Bertz CT molecular complexity index is 1220. The third-order valence-electron chi connectivity index (χ3n) is 5.62. The smallest absolute Gasteiger partial charge is 0.356 e. The van der Waals surface area contributed by atoms with Gasteiger partial charge in [-0.15, -0.1) is 0 Å². The highest BCUT2D eigenvalue weighted by molar-refractivity contribution is 14.1. The van der Waals surface area contributed by atoms with Crippen LogP contribution in [0.2, 0.25) is 0 Å². The molecule has 1 aliphatic heterocycles. The second kappa shape index (κ2) is 11.4. The van der Waals surface area contributed by atoms with E-state index in [0.717, 1.165) is 25.0 Å². The summed E-state index contributed by atoms with van der Waals surface area (Å²) in [5, 5.41) is 9.85. The number of nitrogens with one attached hydrogen (secondary N) is 3. The molecule has 0 atom stereocenters. The predicted octanol–water partition coefficient (Wildman–Crippen LogP) is 3.70. The number of aromatic nitrogens is 1. The zero-order valence-corrected chi connectivity index (χ0v) is 22.1. The molecule has 1 aromatic heterocycles. The number of amides is 2. The largest absolute Gasteiger partial charge is 0.433 e.